The van der Waals surface area contributed by atoms with Crippen molar-refractivity contribution in [2.45, 2.75) is 6.92 Å². The second kappa shape index (κ2) is 6.44. The molecule has 5 nitrogen and oxygen atoms in total. The zero-order valence-electron chi connectivity index (χ0n) is 10.2. The first-order valence-electron chi connectivity index (χ1n) is 5.35. The summed E-state index contributed by atoms with van der Waals surface area (Å²) in [7, 11) is 1.39. The van der Waals surface area contributed by atoms with Crippen LogP contribution in [0.15, 0.2) is 24.3 Å². The zero-order valence-corrected chi connectivity index (χ0v) is 10.2. The predicted octanol–water partition coefficient (Wildman–Crippen LogP) is 1.97. The van der Waals surface area contributed by atoms with E-state index in [-0.39, 0.29) is 17.9 Å². The van der Waals surface area contributed by atoms with E-state index < -0.39 is 11.9 Å². The van der Waals surface area contributed by atoms with Crippen molar-refractivity contribution >= 4 is 18.0 Å². The van der Waals surface area contributed by atoms with Crippen molar-refractivity contribution in [3.05, 3.63) is 35.4 Å². The third kappa shape index (κ3) is 3.35. The van der Waals surface area contributed by atoms with Gasteiger partial charge in [0.15, 0.2) is 0 Å². The van der Waals surface area contributed by atoms with Crippen LogP contribution in [0.4, 0.5) is 0 Å². The van der Waals surface area contributed by atoms with Gasteiger partial charge < -0.3 is 14.6 Å². The quantitative estimate of drug-likeness (QED) is 0.639. The standard InChI is InChI=1S/C13H14O5/c1-3-18-11(14)8-7-9-5-4-6-10(17-2)12(9)13(15)16/h4-8H,3H2,1-2H3,(H,15,16). The van der Waals surface area contributed by atoms with E-state index in [2.05, 4.69) is 0 Å². The van der Waals surface area contributed by atoms with Crippen LogP contribution in [0.1, 0.15) is 22.8 Å². The number of benzene rings is 1. The second-order valence-corrected chi connectivity index (χ2v) is 3.32. The van der Waals surface area contributed by atoms with Crippen molar-refractivity contribution in [2.24, 2.45) is 0 Å². The van der Waals surface area contributed by atoms with Gasteiger partial charge in [-0.1, -0.05) is 12.1 Å². The van der Waals surface area contributed by atoms with Crippen molar-refractivity contribution in [2.75, 3.05) is 13.7 Å². The van der Waals surface area contributed by atoms with Gasteiger partial charge in [0.25, 0.3) is 0 Å². The lowest BCUT2D eigenvalue weighted by atomic mass is 10.1. The number of hydrogen-bond donors (Lipinski definition) is 1. The largest absolute Gasteiger partial charge is 0.496 e. The lowest BCUT2D eigenvalue weighted by Crippen LogP contribution is -2.04. The summed E-state index contributed by atoms with van der Waals surface area (Å²) >= 11 is 0. The molecule has 0 aliphatic heterocycles. The molecule has 1 rings (SSSR count). The van der Waals surface area contributed by atoms with E-state index in [9.17, 15) is 9.59 Å². The second-order valence-electron chi connectivity index (χ2n) is 3.32. The first kappa shape index (κ1) is 13.8. The number of carbonyl (C=O) groups excluding carboxylic acids is 1. The summed E-state index contributed by atoms with van der Waals surface area (Å²) in [4.78, 5) is 22.3. The highest BCUT2D eigenvalue weighted by Crippen LogP contribution is 2.23. The van der Waals surface area contributed by atoms with Gasteiger partial charge >= 0.3 is 11.9 Å². The van der Waals surface area contributed by atoms with Gasteiger partial charge in [-0.3, -0.25) is 0 Å². The van der Waals surface area contributed by atoms with E-state index in [4.69, 9.17) is 14.6 Å². The number of ether oxygens (including phenoxy) is 2. The monoisotopic (exact) mass is 250 g/mol. The van der Waals surface area contributed by atoms with Gasteiger partial charge in [-0.15, -0.1) is 0 Å². The zero-order chi connectivity index (χ0) is 13.5. The Balaban J connectivity index is 3.09. The molecule has 1 N–H and O–H groups in total. The Bertz CT molecular complexity index is 476. The van der Waals surface area contributed by atoms with E-state index in [1.807, 2.05) is 0 Å². The van der Waals surface area contributed by atoms with E-state index in [1.54, 1.807) is 25.1 Å². The summed E-state index contributed by atoms with van der Waals surface area (Å²) in [5, 5.41) is 9.12. The molecule has 96 valence electrons. The molecule has 0 heterocycles. The summed E-state index contributed by atoms with van der Waals surface area (Å²) in [6, 6.07) is 4.78. The molecule has 0 fully saturated rings. The predicted molar refractivity (Wildman–Crippen MR) is 65.6 cm³/mol. The third-order valence-corrected chi connectivity index (χ3v) is 2.18. The SMILES string of the molecule is CCOC(=O)C=Cc1cccc(OC)c1C(=O)O. The number of aromatic carboxylic acids is 1. The van der Waals surface area contributed by atoms with E-state index in [0.717, 1.165) is 0 Å². The van der Waals surface area contributed by atoms with Crippen molar-refractivity contribution in [1.82, 2.24) is 0 Å². The fraction of sp³-hybridized carbons (Fsp3) is 0.231. The summed E-state index contributed by atoms with van der Waals surface area (Å²) < 4.78 is 9.69. The van der Waals surface area contributed by atoms with Crippen LogP contribution in [0.5, 0.6) is 5.75 Å². The molecule has 0 spiro atoms. The van der Waals surface area contributed by atoms with Gasteiger partial charge in [0.2, 0.25) is 0 Å². The maximum atomic E-state index is 11.2. The summed E-state index contributed by atoms with van der Waals surface area (Å²) in [5.41, 5.74) is 0.399. The Morgan fingerprint density at radius 1 is 1.39 bits per heavy atom. The smallest absolute Gasteiger partial charge is 0.340 e. The number of esters is 1. The van der Waals surface area contributed by atoms with Gasteiger partial charge in [0, 0.05) is 6.08 Å². The van der Waals surface area contributed by atoms with Crippen molar-refractivity contribution < 1.29 is 24.2 Å². The first-order valence-corrected chi connectivity index (χ1v) is 5.35. The average molecular weight is 250 g/mol. The molecule has 1 aromatic carbocycles. The number of carboxylic acids is 1. The van der Waals surface area contributed by atoms with Gasteiger partial charge in [-0.05, 0) is 24.6 Å². The number of carbonyl (C=O) groups is 2. The molecule has 1 aromatic rings. The summed E-state index contributed by atoms with van der Waals surface area (Å²) in [6.45, 7) is 1.97. The molecular weight excluding hydrogens is 236 g/mol. The first-order chi connectivity index (χ1) is 8.60. The van der Waals surface area contributed by atoms with Crippen LogP contribution in [-0.4, -0.2) is 30.8 Å². The van der Waals surface area contributed by atoms with Crippen LogP contribution >= 0.6 is 0 Å². The van der Waals surface area contributed by atoms with Crippen LogP contribution in [-0.2, 0) is 9.53 Å². The van der Waals surface area contributed by atoms with Crippen molar-refractivity contribution in [3.63, 3.8) is 0 Å². The van der Waals surface area contributed by atoms with Crippen LogP contribution in [0.2, 0.25) is 0 Å². The highest BCUT2D eigenvalue weighted by Gasteiger charge is 2.14. The van der Waals surface area contributed by atoms with Crippen LogP contribution < -0.4 is 4.74 Å². The van der Waals surface area contributed by atoms with E-state index >= 15 is 0 Å². The van der Waals surface area contributed by atoms with Gasteiger partial charge in [-0.25, -0.2) is 9.59 Å². The lowest BCUT2D eigenvalue weighted by Gasteiger charge is -2.07. The van der Waals surface area contributed by atoms with Crippen LogP contribution in [0.25, 0.3) is 6.08 Å². The number of rotatable bonds is 5. The van der Waals surface area contributed by atoms with E-state index in [0.29, 0.717) is 5.56 Å². The number of carboxylic acid groups (broad SMARTS) is 1. The average Bonchev–Trinajstić information content (AvgIpc) is 2.35. The summed E-state index contributed by atoms with van der Waals surface area (Å²) in [5.74, 6) is -1.39. The number of methoxy groups -OCH3 is 1. The topological polar surface area (TPSA) is 72.8 Å². The molecule has 0 unspecified atom stereocenters. The maximum Gasteiger partial charge on any atom is 0.340 e. The highest BCUT2D eigenvalue weighted by atomic mass is 16.5. The molecule has 0 amide bonds. The van der Waals surface area contributed by atoms with Gasteiger partial charge in [0.1, 0.15) is 11.3 Å². The molecule has 0 aliphatic rings. The van der Waals surface area contributed by atoms with Gasteiger partial charge in [-0.2, -0.15) is 0 Å². The minimum Gasteiger partial charge on any atom is -0.496 e. The summed E-state index contributed by atoms with van der Waals surface area (Å²) in [6.07, 6.45) is 2.58. The third-order valence-electron chi connectivity index (χ3n) is 2.18. The molecule has 0 atom stereocenters. The molecule has 0 radical (unpaired) electrons. The Hall–Kier alpha value is -2.30. The molecule has 18 heavy (non-hydrogen) atoms. The van der Waals surface area contributed by atoms with Crippen LogP contribution in [0.3, 0.4) is 0 Å². The van der Waals surface area contributed by atoms with Gasteiger partial charge in [0.05, 0.1) is 13.7 Å². The fourth-order valence-electron chi connectivity index (χ4n) is 1.43. The number of hydrogen-bond acceptors (Lipinski definition) is 4. The Kier molecular flexibility index (Phi) is 4.92. The van der Waals surface area contributed by atoms with Crippen LogP contribution in [0, 0.1) is 0 Å². The van der Waals surface area contributed by atoms with Crippen molar-refractivity contribution in [3.8, 4) is 5.75 Å². The molecule has 0 saturated carbocycles. The van der Waals surface area contributed by atoms with Crippen molar-refractivity contribution in [1.29, 1.82) is 0 Å². The molecular formula is C13H14O5. The molecule has 5 heteroatoms. The minimum absolute atomic E-state index is 0.0144. The van der Waals surface area contributed by atoms with E-state index in [1.165, 1.54) is 19.3 Å². The fourth-order valence-corrected chi connectivity index (χ4v) is 1.43. The Morgan fingerprint density at radius 2 is 2.11 bits per heavy atom. The Morgan fingerprint density at radius 3 is 2.67 bits per heavy atom. The molecule has 0 aliphatic carbocycles. The normalized spacial score (nSPS) is 10.3. The minimum atomic E-state index is -1.11. The molecule has 0 bridgehead atoms. The highest BCUT2D eigenvalue weighted by molar-refractivity contribution is 5.97. The molecule has 0 aromatic heterocycles. The lowest BCUT2D eigenvalue weighted by molar-refractivity contribution is -0.137. The molecule has 0 saturated heterocycles. The maximum absolute atomic E-state index is 11.2. The Labute approximate surface area is 105 Å².